The number of benzene rings is 4. The maximum Gasteiger partial charge on any atom is 0.333 e. The first-order chi connectivity index (χ1) is 26.1. The number of phenolic OH excluding ortho intramolecular Hbond substituents is 1. The second-order valence-corrected chi connectivity index (χ2v) is 11.4. The summed E-state index contributed by atoms with van der Waals surface area (Å²) in [6.45, 7) is 12.0. The summed E-state index contributed by atoms with van der Waals surface area (Å²) in [7, 11) is 0. The molecule has 0 atom stereocenters. The molecule has 0 spiro atoms. The molecular weight excluding hydrogens is 690 g/mol. The van der Waals surface area contributed by atoms with Crippen LogP contribution >= 0.6 is 0 Å². The fourth-order valence-electron chi connectivity index (χ4n) is 4.12. The van der Waals surface area contributed by atoms with Gasteiger partial charge in [0.25, 0.3) is 0 Å². The van der Waals surface area contributed by atoms with Gasteiger partial charge in [0, 0.05) is 24.2 Å². The van der Waals surface area contributed by atoms with Crippen LogP contribution in [0.5, 0.6) is 11.5 Å². The summed E-state index contributed by atoms with van der Waals surface area (Å²) < 4.78 is 25.3. The second-order valence-electron chi connectivity index (χ2n) is 11.4. The third-order valence-corrected chi connectivity index (χ3v) is 6.87. The van der Waals surface area contributed by atoms with Gasteiger partial charge in [0.15, 0.2) is 0 Å². The largest absolute Gasteiger partial charge is 0.508 e. The molecule has 4 rings (SSSR count). The fourth-order valence-corrected chi connectivity index (χ4v) is 4.12. The Hall–Kier alpha value is -6.13. The van der Waals surface area contributed by atoms with E-state index >= 15 is 0 Å². The number of hydrogen-bond donors (Lipinski definition) is 1. The van der Waals surface area contributed by atoms with E-state index in [1.54, 1.807) is 38.1 Å². The SMILES string of the molecule is C=C(C)C(=O)OCCOCCCC(=O)Oc1ccc(-c2ccccc2)cc1.C=C(C)C(=O)OCCOCCN=C=O.Oc1ccc(-c2ccccc2)cc1. The van der Waals surface area contributed by atoms with Crippen LogP contribution in [0, 0.1) is 0 Å². The lowest BCUT2D eigenvalue weighted by atomic mass is 10.1. The Morgan fingerprint density at radius 2 is 1.06 bits per heavy atom. The molecule has 284 valence electrons. The molecule has 11 nitrogen and oxygen atoms in total. The van der Waals surface area contributed by atoms with E-state index in [1.807, 2.05) is 84.9 Å². The van der Waals surface area contributed by atoms with Crippen molar-refractivity contribution in [3.63, 3.8) is 0 Å². The molecule has 0 radical (unpaired) electrons. The molecule has 4 aromatic carbocycles. The number of hydrogen-bond acceptors (Lipinski definition) is 11. The molecule has 0 saturated heterocycles. The van der Waals surface area contributed by atoms with Gasteiger partial charge >= 0.3 is 17.9 Å². The van der Waals surface area contributed by atoms with Gasteiger partial charge in [-0.15, -0.1) is 0 Å². The predicted octanol–water partition coefficient (Wildman–Crippen LogP) is 7.69. The monoisotopic (exact) mass is 737 g/mol. The zero-order chi connectivity index (χ0) is 39.4. The van der Waals surface area contributed by atoms with Gasteiger partial charge in [0.1, 0.15) is 24.7 Å². The number of aliphatic imine (C=N–C) groups is 1. The molecule has 11 heteroatoms. The van der Waals surface area contributed by atoms with Crippen LogP contribution in [0.1, 0.15) is 26.7 Å². The zero-order valence-electron chi connectivity index (χ0n) is 30.7. The summed E-state index contributed by atoms with van der Waals surface area (Å²) in [5.41, 5.74) is 5.18. The van der Waals surface area contributed by atoms with Gasteiger partial charge in [-0.3, -0.25) is 4.79 Å². The number of carbonyl (C=O) groups is 3. The van der Waals surface area contributed by atoms with Crippen LogP contribution in [0.25, 0.3) is 22.3 Å². The molecule has 0 aromatic heterocycles. The number of aromatic hydroxyl groups is 1. The van der Waals surface area contributed by atoms with Crippen molar-refractivity contribution in [2.75, 3.05) is 46.2 Å². The number of nitrogens with zero attached hydrogens (tertiary/aromatic N) is 1. The first-order valence-electron chi connectivity index (χ1n) is 17.2. The maximum absolute atomic E-state index is 11.9. The molecule has 0 aliphatic rings. The molecule has 4 aromatic rings. The molecule has 1 N–H and O–H groups in total. The van der Waals surface area contributed by atoms with E-state index in [9.17, 15) is 19.2 Å². The first kappa shape index (κ1) is 44.0. The Kier molecular flexibility index (Phi) is 21.7. The maximum atomic E-state index is 11.9. The Morgan fingerprint density at radius 3 is 1.52 bits per heavy atom. The van der Waals surface area contributed by atoms with Gasteiger partial charge < -0.3 is 28.8 Å². The Morgan fingerprint density at radius 1 is 0.611 bits per heavy atom. The van der Waals surface area contributed by atoms with Crippen LogP contribution in [-0.4, -0.2) is 75.3 Å². The Labute approximate surface area is 316 Å². The number of carbonyl (C=O) groups excluding carboxylic acids is 4. The molecule has 0 unspecified atom stereocenters. The first-order valence-corrected chi connectivity index (χ1v) is 17.2. The van der Waals surface area contributed by atoms with Crippen molar-refractivity contribution in [2.45, 2.75) is 26.7 Å². The predicted molar refractivity (Wildman–Crippen MR) is 206 cm³/mol. The Balaban J connectivity index is 0.000000312. The highest BCUT2D eigenvalue weighted by Gasteiger charge is 2.07. The highest BCUT2D eigenvalue weighted by Crippen LogP contribution is 2.23. The van der Waals surface area contributed by atoms with Crippen LogP contribution in [0.3, 0.4) is 0 Å². The minimum absolute atomic E-state index is 0.171. The quantitative estimate of drug-likeness (QED) is 0.0269. The molecule has 0 amide bonds. The lowest BCUT2D eigenvalue weighted by molar-refractivity contribution is -0.141. The number of esters is 3. The van der Waals surface area contributed by atoms with Crippen molar-refractivity contribution < 1.29 is 48.0 Å². The van der Waals surface area contributed by atoms with Crippen molar-refractivity contribution >= 4 is 24.0 Å². The zero-order valence-corrected chi connectivity index (χ0v) is 30.7. The average Bonchev–Trinajstić information content (AvgIpc) is 3.18. The van der Waals surface area contributed by atoms with E-state index in [0.29, 0.717) is 42.3 Å². The average molecular weight is 738 g/mol. The summed E-state index contributed by atoms with van der Waals surface area (Å²) in [6.07, 6.45) is 2.18. The number of phenols is 1. The lowest BCUT2D eigenvalue weighted by Gasteiger charge is -2.07. The van der Waals surface area contributed by atoms with Crippen molar-refractivity contribution in [3.8, 4) is 33.8 Å². The van der Waals surface area contributed by atoms with E-state index in [4.69, 9.17) is 28.8 Å². The van der Waals surface area contributed by atoms with Crippen LogP contribution in [0.2, 0.25) is 0 Å². The third-order valence-electron chi connectivity index (χ3n) is 6.87. The Bertz CT molecular complexity index is 1770. The van der Waals surface area contributed by atoms with Crippen LogP contribution < -0.4 is 4.74 Å². The summed E-state index contributed by atoms with van der Waals surface area (Å²) >= 11 is 0. The number of isocyanates is 1. The minimum Gasteiger partial charge on any atom is -0.508 e. The van der Waals surface area contributed by atoms with Gasteiger partial charge in [-0.2, -0.15) is 0 Å². The highest BCUT2D eigenvalue weighted by molar-refractivity contribution is 5.87. The molecule has 0 aliphatic heterocycles. The fraction of sp³-hybridized carbons (Fsp3) is 0.256. The van der Waals surface area contributed by atoms with Crippen LogP contribution in [-0.2, 0) is 38.1 Å². The molecular formula is C43H47NO10. The normalized spacial score (nSPS) is 9.81. The third kappa shape index (κ3) is 19.5. The van der Waals surface area contributed by atoms with Gasteiger partial charge in [0.05, 0.1) is 26.4 Å². The van der Waals surface area contributed by atoms with Crippen LogP contribution in [0.15, 0.2) is 138 Å². The molecule has 54 heavy (non-hydrogen) atoms. The topological polar surface area (TPSA) is 147 Å². The smallest absolute Gasteiger partial charge is 0.333 e. The van der Waals surface area contributed by atoms with E-state index in [2.05, 4.69) is 18.2 Å². The van der Waals surface area contributed by atoms with Crippen LogP contribution in [0.4, 0.5) is 0 Å². The molecule has 0 bridgehead atoms. The number of ether oxygens (including phenoxy) is 5. The summed E-state index contributed by atoms with van der Waals surface area (Å²) in [6, 6.07) is 34.7. The lowest BCUT2D eigenvalue weighted by Crippen LogP contribution is -2.12. The van der Waals surface area contributed by atoms with E-state index in [-0.39, 0.29) is 45.4 Å². The van der Waals surface area contributed by atoms with Gasteiger partial charge in [-0.25, -0.2) is 19.4 Å². The standard InChI is InChI=1S/C22H24O5.C12H10O.C9H13NO4/c1-17(2)22(24)26-16-15-25-14-6-9-21(23)27-20-12-10-19(11-13-20)18-7-4-3-5-8-18;13-12-8-6-11(7-9-12)10-4-2-1-3-5-10;1-8(2)9(12)14-6-5-13-4-3-10-7-11/h3-5,7-8,10-13H,1,6,9,14-16H2,2H3;1-9,13H;1,3-6H2,2H3. The van der Waals surface area contributed by atoms with Crippen molar-refractivity contribution in [3.05, 3.63) is 133 Å². The summed E-state index contributed by atoms with van der Waals surface area (Å²) in [5.74, 6) is -0.341. The van der Waals surface area contributed by atoms with Gasteiger partial charge in [0.2, 0.25) is 6.08 Å². The van der Waals surface area contributed by atoms with Crippen molar-refractivity contribution in [1.82, 2.24) is 0 Å². The van der Waals surface area contributed by atoms with E-state index < -0.39 is 11.9 Å². The summed E-state index contributed by atoms with van der Waals surface area (Å²) in [5, 5.41) is 9.10. The van der Waals surface area contributed by atoms with E-state index in [1.165, 1.54) is 11.6 Å². The van der Waals surface area contributed by atoms with E-state index in [0.717, 1.165) is 16.7 Å². The molecule has 0 heterocycles. The molecule has 0 aliphatic carbocycles. The number of rotatable bonds is 18. The molecule has 0 fully saturated rings. The van der Waals surface area contributed by atoms with Crippen molar-refractivity contribution in [1.29, 1.82) is 0 Å². The highest BCUT2D eigenvalue weighted by atomic mass is 16.6. The van der Waals surface area contributed by atoms with Gasteiger partial charge in [-0.1, -0.05) is 98.1 Å². The minimum atomic E-state index is -0.431. The molecule has 0 saturated carbocycles. The van der Waals surface area contributed by atoms with Crippen molar-refractivity contribution in [2.24, 2.45) is 4.99 Å². The summed E-state index contributed by atoms with van der Waals surface area (Å²) in [4.78, 5) is 46.8. The van der Waals surface area contributed by atoms with Gasteiger partial charge in [-0.05, 0) is 66.8 Å². The second kappa shape index (κ2) is 26.6.